The number of aromatic nitrogens is 2. The van der Waals surface area contributed by atoms with Gasteiger partial charge in [-0.05, 0) is 17.6 Å². The zero-order valence-electron chi connectivity index (χ0n) is 8.71. The standard InChI is InChI=1S/C10H17N3S/c1-10(2)3-8(6-14-7-10)13-9-4-11-12-5-9/h4-5,8,13H,3,6-7H2,1-2H3,(H,11,12). The molecule has 0 bridgehead atoms. The number of hydrogen-bond acceptors (Lipinski definition) is 3. The molecule has 2 N–H and O–H groups in total. The van der Waals surface area contributed by atoms with Crippen molar-refractivity contribution >= 4 is 17.4 Å². The molecular formula is C10H17N3S. The minimum absolute atomic E-state index is 0.463. The van der Waals surface area contributed by atoms with Crippen LogP contribution in [0.15, 0.2) is 12.4 Å². The van der Waals surface area contributed by atoms with Gasteiger partial charge in [0.05, 0.1) is 11.9 Å². The van der Waals surface area contributed by atoms with Crippen LogP contribution in [0.25, 0.3) is 0 Å². The Morgan fingerprint density at radius 2 is 2.50 bits per heavy atom. The van der Waals surface area contributed by atoms with Gasteiger partial charge in [0.2, 0.25) is 0 Å². The Labute approximate surface area is 89.1 Å². The molecule has 4 heteroatoms. The molecule has 1 saturated heterocycles. The fourth-order valence-electron chi connectivity index (χ4n) is 1.92. The van der Waals surface area contributed by atoms with Gasteiger partial charge < -0.3 is 5.32 Å². The molecule has 78 valence electrons. The smallest absolute Gasteiger partial charge is 0.0726 e. The maximum Gasteiger partial charge on any atom is 0.0726 e. The van der Waals surface area contributed by atoms with E-state index in [0.29, 0.717) is 11.5 Å². The number of aromatic amines is 1. The molecule has 1 aromatic rings. The summed E-state index contributed by atoms with van der Waals surface area (Å²) in [5.41, 5.74) is 1.57. The van der Waals surface area contributed by atoms with Crippen LogP contribution in [0, 0.1) is 5.41 Å². The molecule has 1 aromatic heterocycles. The van der Waals surface area contributed by atoms with Crippen molar-refractivity contribution < 1.29 is 0 Å². The first-order chi connectivity index (χ1) is 6.66. The maximum absolute atomic E-state index is 3.93. The molecule has 0 saturated carbocycles. The maximum atomic E-state index is 3.93. The molecule has 0 aromatic carbocycles. The summed E-state index contributed by atoms with van der Waals surface area (Å²) in [4.78, 5) is 0. The molecule has 0 aliphatic carbocycles. The molecule has 0 radical (unpaired) electrons. The summed E-state index contributed by atoms with van der Waals surface area (Å²) in [5.74, 6) is 2.48. The average molecular weight is 211 g/mol. The van der Waals surface area contributed by atoms with Crippen molar-refractivity contribution in [3.63, 3.8) is 0 Å². The lowest BCUT2D eigenvalue weighted by atomic mass is 9.88. The SMILES string of the molecule is CC1(C)CSCC(Nc2cn[nH]c2)C1. The van der Waals surface area contributed by atoms with E-state index >= 15 is 0 Å². The summed E-state index contributed by atoms with van der Waals surface area (Å²) >= 11 is 2.04. The molecular weight excluding hydrogens is 194 g/mol. The van der Waals surface area contributed by atoms with Crippen LogP contribution >= 0.6 is 11.8 Å². The molecule has 3 nitrogen and oxygen atoms in total. The van der Waals surface area contributed by atoms with Gasteiger partial charge in [0.15, 0.2) is 0 Å². The van der Waals surface area contributed by atoms with E-state index < -0.39 is 0 Å². The van der Waals surface area contributed by atoms with E-state index in [1.807, 2.05) is 24.2 Å². The fraction of sp³-hybridized carbons (Fsp3) is 0.700. The second kappa shape index (κ2) is 3.85. The van der Waals surface area contributed by atoms with Crippen molar-refractivity contribution in [3.8, 4) is 0 Å². The van der Waals surface area contributed by atoms with Crippen LogP contribution in [-0.2, 0) is 0 Å². The van der Waals surface area contributed by atoms with Crippen molar-refractivity contribution in [2.75, 3.05) is 16.8 Å². The minimum Gasteiger partial charge on any atom is -0.379 e. The summed E-state index contributed by atoms with van der Waals surface area (Å²) < 4.78 is 0. The third-order valence-corrected chi connectivity index (χ3v) is 4.10. The fourth-order valence-corrected chi connectivity index (χ4v) is 3.19. The predicted octanol–water partition coefficient (Wildman–Crippen LogP) is 2.35. The Morgan fingerprint density at radius 1 is 1.64 bits per heavy atom. The monoisotopic (exact) mass is 211 g/mol. The molecule has 14 heavy (non-hydrogen) atoms. The van der Waals surface area contributed by atoms with Crippen molar-refractivity contribution in [2.24, 2.45) is 5.41 Å². The van der Waals surface area contributed by atoms with E-state index in [2.05, 4.69) is 29.4 Å². The van der Waals surface area contributed by atoms with Crippen LogP contribution in [0.2, 0.25) is 0 Å². The van der Waals surface area contributed by atoms with Crippen LogP contribution < -0.4 is 5.32 Å². The molecule has 1 aliphatic heterocycles. The zero-order chi connectivity index (χ0) is 10.0. The van der Waals surface area contributed by atoms with Gasteiger partial charge in [-0.2, -0.15) is 16.9 Å². The lowest BCUT2D eigenvalue weighted by molar-refractivity contribution is 0.358. The largest absolute Gasteiger partial charge is 0.379 e. The second-order valence-electron chi connectivity index (χ2n) is 4.71. The first kappa shape index (κ1) is 9.90. The predicted molar refractivity (Wildman–Crippen MR) is 61.7 cm³/mol. The molecule has 2 heterocycles. The molecule has 2 rings (SSSR count). The van der Waals surface area contributed by atoms with Crippen molar-refractivity contribution in [3.05, 3.63) is 12.4 Å². The van der Waals surface area contributed by atoms with E-state index in [1.165, 1.54) is 17.9 Å². The topological polar surface area (TPSA) is 40.7 Å². The van der Waals surface area contributed by atoms with Gasteiger partial charge in [-0.1, -0.05) is 13.8 Å². The zero-order valence-corrected chi connectivity index (χ0v) is 9.53. The third-order valence-electron chi connectivity index (χ3n) is 2.48. The Kier molecular flexibility index (Phi) is 2.72. The first-order valence-electron chi connectivity index (χ1n) is 4.99. The molecule has 0 amide bonds. The number of thioether (sulfide) groups is 1. The van der Waals surface area contributed by atoms with E-state index in [9.17, 15) is 0 Å². The highest BCUT2D eigenvalue weighted by molar-refractivity contribution is 7.99. The van der Waals surface area contributed by atoms with Crippen molar-refractivity contribution in [2.45, 2.75) is 26.3 Å². The van der Waals surface area contributed by atoms with Crippen LogP contribution in [0.3, 0.4) is 0 Å². The number of nitrogens with one attached hydrogen (secondary N) is 2. The van der Waals surface area contributed by atoms with Crippen molar-refractivity contribution in [1.82, 2.24) is 10.2 Å². The molecule has 1 atom stereocenters. The lowest BCUT2D eigenvalue weighted by Gasteiger charge is -2.35. The summed E-state index contributed by atoms with van der Waals surface area (Å²) in [6.45, 7) is 4.67. The van der Waals surface area contributed by atoms with Gasteiger partial charge in [-0.25, -0.2) is 0 Å². The van der Waals surface area contributed by atoms with Crippen molar-refractivity contribution in [1.29, 1.82) is 0 Å². The minimum atomic E-state index is 0.463. The van der Waals surface area contributed by atoms with Crippen LogP contribution in [0.1, 0.15) is 20.3 Å². The van der Waals surface area contributed by atoms with Gasteiger partial charge in [0.1, 0.15) is 0 Å². The van der Waals surface area contributed by atoms with Gasteiger partial charge in [0, 0.05) is 18.0 Å². The van der Waals surface area contributed by atoms with Gasteiger partial charge in [-0.15, -0.1) is 0 Å². The van der Waals surface area contributed by atoms with E-state index in [-0.39, 0.29) is 0 Å². The first-order valence-corrected chi connectivity index (χ1v) is 6.14. The van der Waals surface area contributed by atoms with Crippen LogP contribution in [-0.4, -0.2) is 27.7 Å². The number of anilines is 1. The third kappa shape index (κ3) is 2.44. The van der Waals surface area contributed by atoms with E-state index in [0.717, 1.165) is 5.69 Å². The molecule has 1 fully saturated rings. The van der Waals surface area contributed by atoms with E-state index in [1.54, 1.807) is 0 Å². The van der Waals surface area contributed by atoms with Gasteiger partial charge in [-0.3, -0.25) is 5.10 Å². The van der Waals surface area contributed by atoms with Gasteiger partial charge in [0.25, 0.3) is 0 Å². The Balaban J connectivity index is 1.92. The Hall–Kier alpha value is -0.640. The van der Waals surface area contributed by atoms with Gasteiger partial charge >= 0.3 is 0 Å². The summed E-state index contributed by atoms with van der Waals surface area (Å²) in [5, 5.41) is 10.3. The Morgan fingerprint density at radius 3 is 3.14 bits per heavy atom. The summed E-state index contributed by atoms with van der Waals surface area (Å²) in [6, 6.07) is 0.585. The number of H-pyrrole nitrogens is 1. The molecule has 1 aliphatic rings. The van der Waals surface area contributed by atoms with E-state index in [4.69, 9.17) is 0 Å². The summed E-state index contributed by atoms with van der Waals surface area (Å²) in [6.07, 6.45) is 4.99. The quantitative estimate of drug-likeness (QED) is 0.789. The number of hydrogen-bond donors (Lipinski definition) is 2. The highest BCUT2D eigenvalue weighted by Crippen LogP contribution is 2.34. The number of rotatable bonds is 2. The second-order valence-corrected chi connectivity index (χ2v) is 5.74. The van der Waals surface area contributed by atoms with Crippen LogP contribution in [0.4, 0.5) is 5.69 Å². The highest BCUT2D eigenvalue weighted by atomic mass is 32.2. The average Bonchev–Trinajstić information content (AvgIpc) is 2.54. The molecule has 0 spiro atoms. The molecule has 1 unspecified atom stereocenters. The number of nitrogens with zero attached hydrogens (tertiary/aromatic N) is 1. The summed E-state index contributed by atoms with van der Waals surface area (Å²) in [7, 11) is 0. The lowest BCUT2D eigenvalue weighted by Crippen LogP contribution is -2.35. The van der Waals surface area contributed by atoms with Crippen LogP contribution in [0.5, 0.6) is 0 Å². The Bertz CT molecular complexity index is 282. The highest BCUT2D eigenvalue weighted by Gasteiger charge is 2.28. The normalized spacial score (nSPS) is 26.0.